The smallest absolute Gasteiger partial charge is 0.0645 e. The highest BCUT2D eigenvalue weighted by Gasteiger charge is 2.39. The molecule has 0 spiro atoms. The van der Waals surface area contributed by atoms with Crippen LogP contribution in [-0.4, -0.2) is 13.2 Å². The molecule has 1 heteroatoms. The zero-order chi connectivity index (χ0) is 9.54. The van der Waals surface area contributed by atoms with E-state index in [-0.39, 0.29) is 0 Å². The van der Waals surface area contributed by atoms with Crippen LogP contribution < -0.4 is 0 Å². The lowest BCUT2D eigenvalue weighted by Crippen LogP contribution is -2.34. The predicted molar refractivity (Wildman–Crippen MR) is 56.6 cm³/mol. The quantitative estimate of drug-likeness (QED) is 0.658. The lowest BCUT2D eigenvalue weighted by atomic mass is 9.65. The van der Waals surface area contributed by atoms with E-state index in [0.29, 0.717) is 12.0 Å². The summed E-state index contributed by atoms with van der Waals surface area (Å²) in [6, 6.07) is 8.92. The fourth-order valence-corrected chi connectivity index (χ4v) is 3.25. The van der Waals surface area contributed by atoms with E-state index < -0.39 is 0 Å². The molecule has 0 heterocycles. The van der Waals surface area contributed by atoms with Crippen molar-refractivity contribution in [1.29, 1.82) is 0 Å². The van der Waals surface area contributed by atoms with E-state index in [1.165, 1.54) is 19.3 Å². The molecular formula is C13H16O. The molecule has 0 aliphatic heterocycles. The Bertz CT molecular complexity index is 345. The van der Waals surface area contributed by atoms with E-state index in [1.54, 1.807) is 11.1 Å². The summed E-state index contributed by atoms with van der Waals surface area (Å²) in [7, 11) is 1.86. The van der Waals surface area contributed by atoms with Gasteiger partial charge in [-0.1, -0.05) is 24.3 Å². The standard InChI is InChI=1S/C13H16O/c1-14-13-8-9-6-7-12(13)11-5-3-2-4-10(9)11/h2-5,9,12-13H,6-8H2,1H3/t9-,12-,13+/m0/s1. The van der Waals surface area contributed by atoms with Crippen LogP contribution in [0.5, 0.6) is 0 Å². The first-order valence-electron chi connectivity index (χ1n) is 5.51. The van der Waals surface area contributed by atoms with Crippen molar-refractivity contribution < 1.29 is 4.74 Å². The lowest BCUT2D eigenvalue weighted by molar-refractivity contribution is 0.0358. The van der Waals surface area contributed by atoms with Crippen molar-refractivity contribution in [3.8, 4) is 0 Å². The molecule has 3 aliphatic rings. The van der Waals surface area contributed by atoms with Crippen LogP contribution in [0.2, 0.25) is 0 Å². The van der Waals surface area contributed by atoms with Gasteiger partial charge in [-0.05, 0) is 36.3 Å². The van der Waals surface area contributed by atoms with Crippen LogP contribution in [0, 0.1) is 0 Å². The minimum Gasteiger partial charge on any atom is -0.381 e. The molecule has 14 heavy (non-hydrogen) atoms. The summed E-state index contributed by atoms with van der Waals surface area (Å²) in [5.74, 6) is 1.43. The van der Waals surface area contributed by atoms with Crippen LogP contribution in [0.3, 0.4) is 0 Å². The van der Waals surface area contributed by atoms with Crippen LogP contribution in [0.25, 0.3) is 0 Å². The first-order chi connectivity index (χ1) is 6.90. The summed E-state index contributed by atoms with van der Waals surface area (Å²) < 4.78 is 5.58. The van der Waals surface area contributed by atoms with Crippen molar-refractivity contribution in [2.24, 2.45) is 0 Å². The van der Waals surface area contributed by atoms with Gasteiger partial charge in [0.05, 0.1) is 6.10 Å². The molecule has 1 aromatic carbocycles. The first kappa shape index (κ1) is 8.49. The van der Waals surface area contributed by atoms with Gasteiger partial charge in [-0.25, -0.2) is 0 Å². The third kappa shape index (κ3) is 1.05. The lowest BCUT2D eigenvalue weighted by Gasteiger charge is -2.43. The normalized spacial score (nSPS) is 34.2. The Hall–Kier alpha value is -0.820. The fraction of sp³-hybridized carbons (Fsp3) is 0.538. The topological polar surface area (TPSA) is 9.23 Å². The summed E-state index contributed by atoms with van der Waals surface area (Å²) >= 11 is 0. The maximum absolute atomic E-state index is 5.58. The third-order valence-corrected chi connectivity index (χ3v) is 3.93. The summed E-state index contributed by atoms with van der Waals surface area (Å²) in [5, 5.41) is 0. The Balaban J connectivity index is 2.08. The van der Waals surface area contributed by atoms with E-state index in [4.69, 9.17) is 4.74 Å². The monoisotopic (exact) mass is 188 g/mol. The SMILES string of the molecule is CO[C@@H]1C[C@@H]2CC[C@H]1c1ccccc12. The molecule has 0 radical (unpaired) electrons. The second-order valence-corrected chi connectivity index (χ2v) is 4.52. The second kappa shape index (κ2) is 3.09. The van der Waals surface area contributed by atoms with Crippen molar-refractivity contribution in [2.75, 3.05) is 7.11 Å². The summed E-state index contributed by atoms with van der Waals surface area (Å²) in [4.78, 5) is 0. The number of hydrogen-bond donors (Lipinski definition) is 0. The molecule has 1 saturated carbocycles. The predicted octanol–water partition coefficient (Wildman–Crippen LogP) is 3.07. The van der Waals surface area contributed by atoms with Crippen LogP contribution >= 0.6 is 0 Å². The Morgan fingerprint density at radius 2 is 1.93 bits per heavy atom. The zero-order valence-electron chi connectivity index (χ0n) is 8.57. The largest absolute Gasteiger partial charge is 0.381 e. The number of methoxy groups -OCH3 is 1. The number of fused-ring (bicyclic) bond motifs is 2. The fourth-order valence-electron chi connectivity index (χ4n) is 3.25. The number of ether oxygens (including phenoxy) is 1. The van der Waals surface area contributed by atoms with Crippen molar-refractivity contribution in [2.45, 2.75) is 37.2 Å². The average molecular weight is 188 g/mol. The Morgan fingerprint density at radius 3 is 2.71 bits per heavy atom. The van der Waals surface area contributed by atoms with Gasteiger partial charge in [0.2, 0.25) is 0 Å². The number of rotatable bonds is 1. The number of hydrogen-bond acceptors (Lipinski definition) is 1. The van der Waals surface area contributed by atoms with Crippen molar-refractivity contribution >= 4 is 0 Å². The molecule has 0 aromatic heterocycles. The average Bonchev–Trinajstić information content (AvgIpc) is 2.30. The minimum atomic E-state index is 0.476. The van der Waals surface area contributed by atoms with Gasteiger partial charge in [0.1, 0.15) is 0 Å². The highest BCUT2D eigenvalue weighted by molar-refractivity contribution is 5.39. The summed E-state index contributed by atoms with van der Waals surface area (Å²) in [6.45, 7) is 0. The maximum atomic E-state index is 5.58. The Morgan fingerprint density at radius 1 is 1.14 bits per heavy atom. The van der Waals surface area contributed by atoms with E-state index in [0.717, 1.165) is 5.92 Å². The highest BCUT2D eigenvalue weighted by atomic mass is 16.5. The molecule has 4 rings (SSSR count). The highest BCUT2D eigenvalue weighted by Crippen LogP contribution is 2.49. The van der Waals surface area contributed by atoms with Gasteiger partial charge in [-0.3, -0.25) is 0 Å². The van der Waals surface area contributed by atoms with Crippen molar-refractivity contribution in [3.05, 3.63) is 35.4 Å². The Labute approximate surface area is 85.1 Å². The molecule has 0 N–H and O–H groups in total. The van der Waals surface area contributed by atoms with E-state index in [9.17, 15) is 0 Å². The van der Waals surface area contributed by atoms with Gasteiger partial charge in [-0.15, -0.1) is 0 Å². The van der Waals surface area contributed by atoms with Gasteiger partial charge in [-0.2, -0.15) is 0 Å². The molecular weight excluding hydrogens is 172 g/mol. The molecule has 0 amide bonds. The van der Waals surface area contributed by atoms with Gasteiger partial charge in [0.25, 0.3) is 0 Å². The van der Waals surface area contributed by atoms with Crippen LogP contribution in [-0.2, 0) is 4.74 Å². The van der Waals surface area contributed by atoms with Crippen molar-refractivity contribution in [1.82, 2.24) is 0 Å². The first-order valence-corrected chi connectivity index (χ1v) is 5.51. The summed E-state index contributed by atoms with van der Waals surface area (Å²) in [5.41, 5.74) is 3.15. The summed E-state index contributed by atoms with van der Waals surface area (Å²) in [6.07, 6.45) is 4.39. The van der Waals surface area contributed by atoms with Crippen LogP contribution in [0.15, 0.2) is 24.3 Å². The van der Waals surface area contributed by atoms with Gasteiger partial charge in [0, 0.05) is 13.0 Å². The zero-order valence-corrected chi connectivity index (χ0v) is 8.57. The maximum Gasteiger partial charge on any atom is 0.0645 e. The van der Waals surface area contributed by atoms with E-state index in [1.807, 2.05) is 7.11 Å². The minimum absolute atomic E-state index is 0.476. The van der Waals surface area contributed by atoms with E-state index >= 15 is 0 Å². The molecule has 74 valence electrons. The van der Waals surface area contributed by atoms with Crippen LogP contribution in [0.1, 0.15) is 42.2 Å². The van der Waals surface area contributed by atoms with Gasteiger partial charge in [0.15, 0.2) is 0 Å². The molecule has 1 nitrogen and oxygen atoms in total. The molecule has 3 aliphatic carbocycles. The van der Waals surface area contributed by atoms with Gasteiger partial charge >= 0.3 is 0 Å². The molecule has 1 aromatic rings. The van der Waals surface area contributed by atoms with Crippen molar-refractivity contribution in [3.63, 3.8) is 0 Å². The van der Waals surface area contributed by atoms with Gasteiger partial charge < -0.3 is 4.74 Å². The third-order valence-electron chi connectivity index (χ3n) is 3.93. The molecule has 0 unspecified atom stereocenters. The molecule has 2 bridgehead atoms. The molecule has 0 saturated heterocycles. The van der Waals surface area contributed by atoms with Crippen LogP contribution in [0.4, 0.5) is 0 Å². The molecule has 1 fully saturated rings. The Kier molecular flexibility index (Phi) is 1.88. The van der Waals surface area contributed by atoms with E-state index in [2.05, 4.69) is 24.3 Å². The second-order valence-electron chi connectivity index (χ2n) is 4.52. The molecule has 3 atom stereocenters. The number of benzene rings is 1.